The molecule has 2 rings (SSSR count). The van der Waals surface area contributed by atoms with Crippen molar-refractivity contribution in [2.24, 2.45) is 5.73 Å². The van der Waals surface area contributed by atoms with Crippen molar-refractivity contribution in [3.05, 3.63) is 36.0 Å². The van der Waals surface area contributed by atoms with Gasteiger partial charge in [-0.05, 0) is 24.6 Å². The Morgan fingerprint density at radius 2 is 2.13 bits per heavy atom. The highest BCUT2D eigenvalue weighted by Crippen LogP contribution is 2.19. The van der Waals surface area contributed by atoms with Gasteiger partial charge in [0.05, 0.1) is 6.10 Å². The molecule has 0 bridgehead atoms. The third kappa shape index (κ3) is 2.19. The normalized spacial score (nSPS) is 13.2. The Morgan fingerprint density at radius 3 is 2.93 bits per heavy atom. The van der Waals surface area contributed by atoms with Crippen LogP contribution in [0.1, 0.15) is 12.0 Å². The van der Waals surface area contributed by atoms with Gasteiger partial charge in [-0.25, -0.2) is 0 Å². The van der Waals surface area contributed by atoms with Gasteiger partial charge in [-0.15, -0.1) is 0 Å². The summed E-state index contributed by atoms with van der Waals surface area (Å²) in [5.74, 6) is 0. The third-order valence-corrected chi connectivity index (χ3v) is 2.63. The number of para-hydroxylation sites is 1. The quantitative estimate of drug-likeness (QED) is 0.705. The van der Waals surface area contributed by atoms with E-state index in [1.165, 1.54) is 5.39 Å². The van der Waals surface area contributed by atoms with Gasteiger partial charge < -0.3 is 15.8 Å². The summed E-state index contributed by atoms with van der Waals surface area (Å²) in [6.45, 7) is 0.531. The molecule has 1 aromatic carbocycles. The summed E-state index contributed by atoms with van der Waals surface area (Å²) in [6.07, 6.45) is 2.94. The van der Waals surface area contributed by atoms with Crippen molar-refractivity contribution in [3.8, 4) is 0 Å². The molecule has 0 aliphatic heterocycles. The van der Waals surface area contributed by atoms with E-state index in [9.17, 15) is 5.11 Å². The molecule has 3 heteroatoms. The first-order valence-electron chi connectivity index (χ1n) is 5.24. The number of aromatic nitrogens is 1. The fraction of sp³-hybridized carbons (Fsp3) is 0.333. The molecule has 1 aromatic heterocycles. The predicted octanol–water partition coefficient (Wildman–Crippen LogP) is 1.42. The molecule has 80 valence electrons. The molecule has 2 aromatic rings. The number of aliphatic hydroxyl groups is 1. The average molecular weight is 204 g/mol. The van der Waals surface area contributed by atoms with E-state index in [0.717, 1.165) is 11.1 Å². The zero-order valence-electron chi connectivity index (χ0n) is 8.61. The van der Waals surface area contributed by atoms with Crippen molar-refractivity contribution in [3.63, 3.8) is 0 Å². The monoisotopic (exact) mass is 204 g/mol. The Kier molecular flexibility index (Phi) is 3.04. The SMILES string of the molecule is NCC[C@H](O)Cc1c[nH]c2ccccc12. The van der Waals surface area contributed by atoms with Crippen LogP contribution in [0.2, 0.25) is 0 Å². The molecule has 0 spiro atoms. The van der Waals surface area contributed by atoms with Gasteiger partial charge in [-0.3, -0.25) is 0 Å². The van der Waals surface area contributed by atoms with Gasteiger partial charge in [0.2, 0.25) is 0 Å². The zero-order valence-corrected chi connectivity index (χ0v) is 8.61. The van der Waals surface area contributed by atoms with E-state index < -0.39 is 0 Å². The van der Waals surface area contributed by atoms with E-state index in [1.54, 1.807) is 0 Å². The molecule has 1 atom stereocenters. The van der Waals surface area contributed by atoms with Gasteiger partial charge in [-0.2, -0.15) is 0 Å². The van der Waals surface area contributed by atoms with Crippen LogP contribution in [0.5, 0.6) is 0 Å². The first-order valence-corrected chi connectivity index (χ1v) is 5.24. The number of aliphatic hydroxyl groups excluding tert-OH is 1. The third-order valence-electron chi connectivity index (χ3n) is 2.63. The summed E-state index contributed by atoms with van der Waals surface area (Å²) in [5, 5.41) is 10.9. The minimum absolute atomic E-state index is 0.339. The second-order valence-electron chi connectivity index (χ2n) is 3.79. The highest BCUT2D eigenvalue weighted by atomic mass is 16.3. The first kappa shape index (κ1) is 10.2. The second kappa shape index (κ2) is 4.47. The van der Waals surface area contributed by atoms with Gasteiger partial charge in [0.15, 0.2) is 0 Å². The number of nitrogens with one attached hydrogen (secondary N) is 1. The molecular formula is C12H16N2O. The maximum Gasteiger partial charge on any atom is 0.0593 e. The molecule has 4 N–H and O–H groups in total. The Balaban J connectivity index is 2.21. The minimum Gasteiger partial charge on any atom is -0.393 e. The van der Waals surface area contributed by atoms with Crippen LogP contribution in [0.15, 0.2) is 30.5 Å². The number of rotatable bonds is 4. The maximum atomic E-state index is 9.69. The fourth-order valence-electron chi connectivity index (χ4n) is 1.85. The van der Waals surface area contributed by atoms with E-state index >= 15 is 0 Å². The van der Waals surface area contributed by atoms with Crippen molar-refractivity contribution in [2.45, 2.75) is 18.9 Å². The summed E-state index contributed by atoms with van der Waals surface area (Å²) in [4.78, 5) is 3.19. The number of H-pyrrole nitrogens is 1. The molecule has 0 unspecified atom stereocenters. The Hall–Kier alpha value is -1.32. The Bertz CT molecular complexity index is 436. The zero-order chi connectivity index (χ0) is 10.7. The van der Waals surface area contributed by atoms with E-state index in [-0.39, 0.29) is 6.10 Å². The van der Waals surface area contributed by atoms with Crippen LogP contribution in [-0.4, -0.2) is 22.7 Å². The average Bonchev–Trinajstić information content (AvgIpc) is 2.62. The fourth-order valence-corrected chi connectivity index (χ4v) is 1.85. The van der Waals surface area contributed by atoms with Crippen molar-refractivity contribution >= 4 is 10.9 Å². The summed E-state index contributed by atoms with van der Waals surface area (Å²) in [5.41, 5.74) is 7.68. The van der Waals surface area contributed by atoms with Crippen LogP contribution in [0.3, 0.4) is 0 Å². The minimum atomic E-state index is -0.339. The number of hydrogen-bond donors (Lipinski definition) is 3. The number of nitrogens with two attached hydrogens (primary N) is 1. The lowest BCUT2D eigenvalue weighted by Gasteiger charge is -2.07. The highest BCUT2D eigenvalue weighted by Gasteiger charge is 2.08. The Labute approximate surface area is 88.9 Å². The molecule has 3 nitrogen and oxygen atoms in total. The molecular weight excluding hydrogens is 188 g/mol. The van der Waals surface area contributed by atoms with E-state index in [0.29, 0.717) is 19.4 Å². The van der Waals surface area contributed by atoms with E-state index in [2.05, 4.69) is 11.1 Å². The molecule has 0 aliphatic rings. The standard InChI is InChI=1S/C12H16N2O/c13-6-5-10(15)7-9-8-14-12-4-2-1-3-11(9)12/h1-4,8,10,14-15H,5-7,13H2/t10-/m0/s1. The molecule has 0 radical (unpaired) electrons. The van der Waals surface area contributed by atoms with Gasteiger partial charge in [0.1, 0.15) is 0 Å². The largest absolute Gasteiger partial charge is 0.393 e. The van der Waals surface area contributed by atoms with E-state index in [1.807, 2.05) is 24.4 Å². The molecule has 0 aliphatic carbocycles. The van der Waals surface area contributed by atoms with Gasteiger partial charge in [0, 0.05) is 23.5 Å². The lowest BCUT2D eigenvalue weighted by atomic mass is 10.1. The van der Waals surface area contributed by atoms with Crippen molar-refractivity contribution in [1.82, 2.24) is 4.98 Å². The van der Waals surface area contributed by atoms with Crippen LogP contribution in [-0.2, 0) is 6.42 Å². The molecule has 0 saturated carbocycles. The topological polar surface area (TPSA) is 62.0 Å². The molecule has 0 saturated heterocycles. The van der Waals surface area contributed by atoms with Crippen molar-refractivity contribution in [1.29, 1.82) is 0 Å². The van der Waals surface area contributed by atoms with Crippen LogP contribution in [0, 0.1) is 0 Å². The van der Waals surface area contributed by atoms with Crippen LogP contribution in [0.4, 0.5) is 0 Å². The van der Waals surface area contributed by atoms with Crippen LogP contribution in [0.25, 0.3) is 10.9 Å². The van der Waals surface area contributed by atoms with Crippen LogP contribution >= 0.6 is 0 Å². The van der Waals surface area contributed by atoms with Gasteiger partial charge in [0.25, 0.3) is 0 Å². The molecule has 15 heavy (non-hydrogen) atoms. The summed E-state index contributed by atoms with van der Waals surface area (Å²) < 4.78 is 0. The lowest BCUT2D eigenvalue weighted by Crippen LogP contribution is -2.15. The molecule has 0 fully saturated rings. The summed E-state index contributed by atoms with van der Waals surface area (Å²) in [6, 6.07) is 8.11. The van der Waals surface area contributed by atoms with E-state index in [4.69, 9.17) is 5.73 Å². The van der Waals surface area contributed by atoms with Gasteiger partial charge in [-0.1, -0.05) is 18.2 Å². The molecule has 1 heterocycles. The smallest absolute Gasteiger partial charge is 0.0593 e. The Morgan fingerprint density at radius 1 is 1.33 bits per heavy atom. The summed E-state index contributed by atoms with van der Waals surface area (Å²) >= 11 is 0. The highest BCUT2D eigenvalue weighted by molar-refractivity contribution is 5.83. The first-order chi connectivity index (χ1) is 7.31. The van der Waals surface area contributed by atoms with Crippen molar-refractivity contribution in [2.75, 3.05) is 6.54 Å². The molecule has 0 amide bonds. The van der Waals surface area contributed by atoms with Crippen molar-refractivity contribution < 1.29 is 5.11 Å². The predicted molar refractivity (Wildman–Crippen MR) is 61.7 cm³/mol. The number of hydrogen-bond acceptors (Lipinski definition) is 2. The number of aromatic amines is 1. The second-order valence-corrected chi connectivity index (χ2v) is 3.79. The lowest BCUT2D eigenvalue weighted by molar-refractivity contribution is 0.168. The maximum absolute atomic E-state index is 9.69. The summed E-state index contributed by atoms with van der Waals surface area (Å²) in [7, 11) is 0. The van der Waals surface area contributed by atoms with Crippen LogP contribution < -0.4 is 5.73 Å². The number of fused-ring (bicyclic) bond motifs is 1. The number of benzene rings is 1. The van der Waals surface area contributed by atoms with Gasteiger partial charge >= 0.3 is 0 Å².